The van der Waals surface area contributed by atoms with E-state index in [0.29, 0.717) is 35.8 Å². The van der Waals surface area contributed by atoms with E-state index in [1.807, 2.05) is 12.1 Å². The monoisotopic (exact) mass is 450 g/mol. The molecule has 0 aliphatic heterocycles. The van der Waals surface area contributed by atoms with Crippen molar-refractivity contribution in [3.8, 4) is 17.5 Å². The second kappa shape index (κ2) is 7.70. The number of aromatic nitrogens is 5. The summed E-state index contributed by atoms with van der Waals surface area (Å²) in [5.41, 5.74) is 2.44. The van der Waals surface area contributed by atoms with E-state index in [2.05, 4.69) is 35.2 Å². The van der Waals surface area contributed by atoms with Crippen molar-refractivity contribution < 1.29 is 12.8 Å². The average Bonchev–Trinajstić information content (AvgIpc) is 3.41. The first-order chi connectivity index (χ1) is 15.4. The zero-order valence-corrected chi connectivity index (χ0v) is 17.7. The third-order valence-electron chi connectivity index (χ3n) is 5.29. The molecule has 4 heterocycles. The summed E-state index contributed by atoms with van der Waals surface area (Å²) < 4.78 is 33.5. The van der Waals surface area contributed by atoms with E-state index >= 15 is 0 Å². The molecule has 32 heavy (non-hydrogen) atoms. The van der Waals surface area contributed by atoms with Crippen LogP contribution in [0.2, 0.25) is 0 Å². The summed E-state index contributed by atoms with van der Waals surface area (Å²) in [4.78, 5) is 11.4. The Kier molecular flexibility index (Phi) is 4.84. The number of anilines is 1. The summed E-state index contributed by atoms with van der Waals surface area (Å²) in [6, 6.07) is 6.33. The van der Waals surface area contributed by atoms with Crippen LogP contribution in [0.15, 0.2) is 46.2 Å². The Bertz CT molecular complexity index is 1450. The Morgan fingerprint density at radius 3 is 2.81 bits per heavy atom. The van der Waals surface area contributed by atoms with E-state index in [1.54, 1.807) is 19.3 Å². The van der Waals surface area contributed by atoms with Crippen LogP contribution in [0.3, 0.4) is 0 Å². The molecule has 0 radical (unpaired) electrons. The van der Waals surface area contributed by atoms with E-state index < -0.39 is 10.0 Å². The molecule has 0 unspecified atom stereocenters. The number of hydrogen-bond acceptors (Lipinski definition) is 9. The molecular formula is C20H18N8O3S. The second-order valence-electron chi connectivity index (χ2n) is 7.54. The predicted octanol–water partition coefficient (Wildman–Crippen LogP) is 2.11. The van der Waals surface area contributed by atoms with Crippen molar-refractivity contribution in [2.24, 2.45) is 0 Å². The number of fused-ring (bicyclic) bond motifs is 1. The third kappa shape index (κ3) is 3.68. The molecule has 3 N–H and O–H groups in total. The highest BCUT2D eigenvalue weighted by atomic mass is 32.2. The van der Waals surface area contributed by atoms with E-state index in [4.69, 9.17) is 9.68 Å². The van der Waals surface area contributed by atoms with Crippen molar-refractivity contribution in [3.63, 3.8) is 0 Å². The van der Waals surface area contributed by atoms with Gasteiger partial charge in [-0.1, -0.05) is 0 Å². The van der Waals surface area contributed by atoms with Crippen LogP contribution in [0.5, 0.6) is 0 Å². The molecule has 4 aromatic rings. The first kappa shape index (κ1) is 20.1. The van der Waals surface area contributed by atoms with Crippen molar-refractivity contribution in [1.82, 2.24) is 29.9 Å². The van der Waals surface area contributed by atoms with Crippen LogP contribution in [0.4, 0.5) is 5.69 Å². The lowest BCUT2D eigenvalue weighted by Crippen LogP contribution is -2.49. The number of pyridine rings is 2. The van der Waals surface area contributed by atoms with E-state index in [1.165, 1.54) is 18.3 Å². The number of hydrogen-bond donors (Lipinski definition) is 3. The van der Waals surface area contributed by atoms with Crippen LogP contribution in [0.25, 0.3) is 22.5 Å². The van der Waals surface area contributed by atoms with Gasteiger partial charge in [-0.2, -0.15) is 5.26 Å². The molecule has 0 saturated heterocycles. The summed E-state index contributed by atoms with van der Waals surface area (Å²) >= 11 is 0. The predicted molar refractivity (Wildman–Crippen MR) is 114 cm³/mol. The fraction of sp³-hybridized carbons (Fsp3) is 0.250. The minimum absolute atomic E-state index is 0.0318. The summed E-state index contributed by atoms with van der Waals surface area (Å²) in [6.07, 6.45) is 5.93. The quantitative estimate of drug-likeness (QED) is 0.399. The van der Waals surface area contributed by atoms with Crippen LogP contribution in [0.1, 0.15) is 24.3 Å². The fourth-order valence-corrected chi connectivity index (χ4v) is 4.91. The normalized spacial score (nSPS) is 18.2. The largest absolute Gasteiger partial charge is 0.421 e. The molecule has 1 saturated carbocycles. The lowest BCUT2D eigenvalue weighted by Gasteiger charge is -2.37. The van der Waals surface area contributed by atoms with Gasteiger partial charge in [0.2, 0.25) is 5.89 Å². The smallest absolute Gasteiger partial charge is 0.258 e. The molecule has 12 heteroatoms. The van der Waals surface area contributed by atoms with Crippen molar-refractivity contribution in [3.05, 3.63) is 48.2 Å². The molecule has 0 atom stereocenters. The van der Waals surface area contributed by atoms with Crippen LogP contribution < -0.4 is 10.0 Å². The molecule has 1 aliphatic rings. The maximum atomic E-state index is 12.6. The highest BCUT2D eigenvalue weighted by Gasteiger charge is 2.34. The molecule has 162 valence electrons. The number of rotatable bonds is 6. The van der Waals surface area contributed by atoms with Gasteiger partial charge in [0, 0.05) is 43.0 Å². The van der Waals surface area contributed by atoms with Gasteiger partial charge in [0.05, 0.1) is 22.9 Å². The summed E-state index contributed by atoms with van der Waals surface area (Å²) in [5, 5.41) is 21.2. The highest BCUT2D eigenvalue weighted by Crippen LogP contribution is 2.36. The summed E-state index contributed by atoms with van der Waals surface area (Å²) in [7, 11) is -3.81. The molecule has 1 aliphatic carbocycles. The van der Waals surface area contributed by atoms with Crippen LogP contribution in [-0.2, 0) is 10.0 Å². The Morgan fingerprint density at radius 1 is 1.22 bits per heavy atom. The van der Waals surface area contributed by atoms with Crippen LogP contribution >= 0.6 is 0 Å². The maximum Gasteiger partial charge on any atom is 0.258 e. The number of sulfonamides is 1. The number of aromatic amines is 1. The zero-order chi connectivity index (χ0) is 22.3. The van der Waals surface area contributed by atoms with Crippen molar-refractivity contribution in [1.29, 1.82) is 5.26 Å². The lowest BCUT2D eigenvalue weighted by atomic mass is 9.87. The van der Waals surface area contributed by atoms with Gasteiger partial charge in [-0.05, 0) is 31.0 Å². The maximum absolute atomic E-state index is 12.6. The van der Waals surface area contributed by atoms with E-state index in [9.17, 15) is 8.42 Å². The lowest BCUT2D eigenvalue weighted by molar-refractivity contribution is 0.346. The Balaban J connectivity index is 1.32. The number of nitrogens with one attached hydrogen (secondary N) is 3. The first-order valence-corrected chi connectivity index (χ1v) is 11.3. The van der Waals surface area contributed by atoms with Crippen molar-refractivity contribution in [2.45, 2.75) is 36.9 Å². The Morgan fingerprint density at radius 2 is 2.06 bits per heavy atom. The Labute approximate surface area is 183 Å². The SMILES string of the molecule is Cc1nnc(-c2cnc3[nH]ccc3c2NC2CC(NS(=O)(=O)c3cc(C#N)ccn3)C2)o1. The van der Waals surface area contributed by atoms with Gasteiger partial charge >= 0.3 is 0 Å². The molecule has 0 aromatic carbocycles. The van der Waals surface area contributed by atoms with Gasteiger partial charge in [0.25, 0.3) is 15.9 Å². The minimum atomic E-state index is -3.81. The van der Waals surface area contributed by atoms with Gasteiger partial charge in [-0.15, -0.1) is 10.2 Å². The molecule has 4 aromatic heterocycles. The minimum Gasteiger partial charge on any atom is -0.421 e. The Hall–Kier alpha value is -3.82. The number of nitriles is 1. The van der Waals surface area contributed by atoms with Gasteiger partial charge in [0.15, 0.2) is 5.03 Å². The van der Waals surface area contributed by atoms with Crippen LogP contribution in [-0.4, -0.2) is 45.7 Å². The summed E-state index contributed by atoms with van der Waals surface area (Å²) in [5.74, 6) is 0.813. The molecule has 5 rings (SSSR count). The number of H-pyrrole nitrogens is 1. The first-order valence-electron chi connectivity index (χ1n) is 9.84. The van der Waals surface area contributed by atoms with Crippen molar-refractivity contribution in [2.75, 3.05) is 5.32 Å². The standard InChI is InChI=1S/C20H18N8O3S/c1-11-26-27-20(31-11)16-10-24-19-15(3-5-23-19)18(16)25-13-7-14(8-13)28-32(29,30)17-6-12(9-21)2-4-22-17/h2-6,10,13-14,28H,7-8H2,1H3,(H2,23,24,25). The third-order valence-corrected chi connectivity index (χ3v) is 6.71. The van der Waals surface area contributed by atoms with Crippen molar-refractivity contribution >= 4 is 26.7 Å². The van der Waals surface area contributed by atoms with Gasteiger partial charge in [0.1, 0.15) is 5.65 Å². The van der Waals surface area contributed by atoms with E-state index in [0.717, 1.165) is 11.1 Å². The molecule has 1 fully saturated rings. The van der Waals surface area contributed by atoms with Gasteiger partial charge < -0.3 is 14.7 Å². The molecule has 11 nitrogen and oxygen atoms in total. The van der Waals surface area contributed by atoms with Gasteiger partial charge in [-0.25, -0.2) is 23.1 Å². The summed E-state index contributed by atoms with van der Waals surface area (Å²) in [6.45, 7) is 1.72. The molecule has 0 spiro atoms. The number of aryl methyl sites for hydroxylation is 1. The fourth-order valence-electron chi connectivity index (χ4n) is 3.67. The van der Waals surface area contributed by atoms with Gasteiger partial charge in [-0.3, -0.25) is 0 Å². The molecule has 0 bridgehead atoms. The topological polar surface area (TPSA) is 162 Å². The second-order valence-corrected chi connectivity index (χ2v) is 9.20. The average molecular weight is 450 g/mol. The zero-order valence-electron chi connectivity index (χ0n) is 16.9. The van der Waals surface area contributed by atoms with E-state index in [-0.39, 0.29) is 22.7 Å². The molecular weight excluding hydrogens is 432 g/mol. The number of nitrogens with zero attached hydrogens (tertiary/aromatic N) is 5. The van der Waals surface area contributed by atoms with Crippen LogP contribution in [0, 0.1) is 18.3 Å². The molecule has 0 amide bonds. The highest BCUT2D eigenvalue weighted by molar-refractivity contribution is 7.89.